The molecule has 0 aliphatic heterocycles. The van der Waals surface area contributed by atoms with Gasteiger partial charge in [0.05, 0.1) is 6.54 Å². The van der Waals surface area contributed by atoms with Crippen LogP contribution in [0.1, 0.15) is 12.5 Å². The van der Waals surface area contributed by atoms with Crippen LogP contribution in [0.25, 0.3) is 0 Å². The third-order valence-corrected chi connectivity index (χ3v) is 3.01. The van der Waals surface area contributed by atoms with Gasteiger partial charge in [-0.15, -0.1) is 0 Å². The Balaban J connectivity index is 1.76. The van der Waals surface area contributed by atoms with Gasteiger partial charge in [0.1, 0.15) is 24.7 Å². The van der Waals surface area contributed by atoms with Crippen LogP contribution < -0.4 is 9.47 Å². The molecule has 22 heavy (non-hydrogen) atoms. The minimum atomic E-state index is -0.409. The fraction of sp³-hybridized carbons (Fsp3) is 0.235. The number of nitrogens with zero attached hydrogens (tertiary/aromatic N) is 1. The second-order valence-corrected chi connectivity index (χ2v) is 4.74. The van der Waals surface area contributed by atoms with Crippen molar-refractivity contribution in [3.05, 3.63) is 60.2 Å². The summed E-state index contributed by atoms with van der Waals surface area (Å²) in [7, 11) is 0. The molecule has 116 valence electrons. The lowest BCUT2D eigenvalue weighted by Gasteiger charge is -2.13. The maximum absolute atomic E-state index is 10.8. The Kier molecular flexibility index (Phi) is 5.80. The number of hydrogen-bond acceptors (Lipinski definition) is 4. The molecule has 0 bridgehead atoms. The van der Waals surface area contributed by atoms with E-state index in [-0.39, 0.29) is 13.2 Å². The van der Waals surface area contributed by atoms with E-state index in [9.17, 15) is 10.0 Å². The van der Waals surface area contributed by atoms with Crippen molar-refractivity contribution in [2.24, 2.45) is 0 Å². The largest absolute Gasteiger partial charge is 0.492 e. The van der Waals surface area contributed by atoms with Crippen LogP contribution in [0.15, 0.2) is 54.6 Å². The number of benzene rings is 2. The fourth-order valence-corrected chi connectivity index (χ4v) is 1.78. The molecule has 0 radical (unpaired) electrons. The highest BCUT2D eigenvalue weighted by molar-refractivity contribution is 5.71. The molecular formula is C17H19NO4. The van der Waals surface area contributed by atoms with Crippen LogP contribution in [0.2, 0.25) is 0 Å². The monoisotopic (exact) mass is 301 g/mol. The summed E-state index contributed by atoms with van der Waals surface area (Å²) < 4.78 is 11.1. The molecular weight excluding hydrogens is 282 g/mol. The molecule has 1 amide bonds. The first-order chi connectivity index (χ1) is 10.6. The van der Waals surface area contributed by atoms with Crippen LogP contribution in [0, 0.1) is 0 Å². The highest BCUT2D eigenvalue weighted by atomic mass is 16.5. The van der Waals surface area contributed by atoms with E-state index in [0.29, 0.717) is 17.4 Å². The maximum Gasteiger partial charge on any atom is 0.242 e. The SMILES string of the molecule is CC(=O)N(O)CCOc1ccc(OCc2ccccc2)cc1. The van der Waals surface area contributed by atoms with Crippen molar-refractivity contribution in [2.45, 2.75) is 13.5 Å². The zero-order chi connectivity index (χ0) is 15.8. The van der Waals surface area contributed by atoms with Crippen LogP contribution in [0.3, 0.4) is 0 Å². The van der Waals surface area contributed by atoms with Gasteiger partial charge < -0.3 is 9.47 Å². The first-order valence-corrected chi connectivity index (χ1v) is 7.02. The third kappa shape index (κ3) is 5.10. The molecule has 2 aromatic rings. The molecule has 0 atom stereocenters. The summed E-state index contributed by atoms with van der Waals surface area (Å²) in [4.78, 5) is 10.8. The van der Waals surface area contributed by atoms with Crippen molar-refractivity contribution in [3.63, 3.8) is 0 Å². The van der Waals surface area contributed by atoms with Gasteiger partial charge >= 0.3 is 0 Å². The molecule has 0 saturated carbocycles. The molecule has 0 spiro atoms. The molecule has 1 N–H and O–H groups in total. The highest BCUT2D eigenvalue weighted by Crippen LogP contribution is 2.18. The predicted octanol–water partition coefficient (Wildman–Crippen LogP) is 2.88. The number of ether oxygens (including phenoxy) is 2. The van der Waals surface area contributed by atoms with E-state index >= 15 is 0 Å². The summed E-state index contributed by atoms with van der Waals surface area (Å²) in [5, 5.41) is 9.83. The van der Waals surface area contributed by atoms with Crippen molar-refractivity contribution < 1.29 is 19.5 Å². The Morgan fingerprint density at radius 2 is 1.59 bits per heavy atom. The number of hydroxylamine groups is 2. The molecule has 5 nitrogen and oxygen atoms in total. The quantitative estimate of drug-likeness (QED) is 0.631. The van der Waals surface area contributed by atoms with Gasteiger partial charge in [0.25, 0.3) is 0 Å². The first-order valence-electron chi connectivity index (χ1n) is 7.02. The molecule has 2 rings (SSSR count). The molecule has 0 aromatic heterocycles. The molecule has 0 unspecified atom stereocenters. The van der Waals surface area contributed by atoms with Gasteiger partial charge in [0, 0.05) is 6.92 Å². The number of carbonyl (C=O) groups is 1. The number of amides is 1. The van der Waals surface area contributed by atoms with E-state index in [1.807, 2.05) is 42.5 Å². The average Bonchev–Trinajstić information content (AvgIpc) is 2.55. The van der Waals surface area contributed by atoms with Gasteiger partial charge in [-0.1, -0.05) is 30.3 Å². The second kappa shape index (κ2) is 8.05. The van der Waals surface area contributed by atoms with Crippen molar-refractivity contribution >= 4 is 5.91 Å². The van der Waals surface area contributed by atoms with Crippen LogP contribution in [-0.2, 0) is 11.4 Å². The van der Waals surface area contributed by atoms with E-state index in [4.69, 9.17) is 9.47 Å². The number of rotatable bonds is 7. The zero-order valence-corrected chi connectivity index (χ0v) is 12.4. The smallest absolute Gasteiger partial charge is 0.242 e. The van der Waals surface area contributed by atoms with Crippen molar-refractivity contribution in [1.82, 2.24) is 5.06 Å². The van der Waals surface area contributed by atoms with E-state index < -0.39 is 5.91 Å². The van der Waals surface area contributed by atoms with Crippen LogP contribution in [0.4, 0.5) is 0 Å². The minimum Gasteiger partial charge on any atom is -0.492 e. The van der Waals surface area contributed by atoms with Crippen LogP contribution >= 0.6 is 0 Å². The summed E-state index contributed by atoms with van der Waals surface area (Å²) in [6.45, 7) is 2.15. The Morgan fingerprint density at radius 1 is 1.00 bits per heavy atom. The molecule has 0 heterocycles. The number of carbonyl (C=O) groups excluding carboxylic acids is 1. The van der Waals surface area contributed by atoms with E-state index in [1.165, 1.54) is 6.92 Å². The summed E-state index contributed by atoms with van der Waals surface area (Å²) in [6.07, 6.45) is 0. The average molecular weight is 301 g/mol. The Bertz CT molecular complexity index is 583. The van der Waals surface area contributed by atoms with Gasteiger partial charge in [-0.3, -0.25) is 10.0 Å². The highest BCUT2D eigenvalue weighted by Gasteiger charge is 2.04. The lowest BCUT2D eigenvalue weighted by Crippen LogP contribution is -2.29. The predicted molar refractivity (Wildman–Crippen MR) is 81.9 cm³/mol. The zero-order valence-electron chi connectivity index (χ0n) is 12.4. The molecule has 0 fully saturated rings. The fourth-order valence-electron chi connectivity index (χ4n) is 1.78. The normalized spacial score (nSPS) is 10.1. The van der Waals surface area contributed by atoms with Crippen molar-refractivity contribution in [2.75, 3.05) is 13.2 Å². The van der Waals surface area contributed by atoms with Crippen LogP contribution in [0.5, 0.6) is 11.5 Å². The summed E-state index contributed by atoms with van der Waals surface area (Å²) in [5.41, 5.74) is 1.11. The molecule has 0 saturated heterocycles. The topological polar surface area (TPSA) is 59.0 Å². The van der Waals surface area contributed by atoms with Gasteiger partial charge in [-0.2, -0.15) is 0 Å². The minimum absolute atomic E-state index is 0.127. The van der Waals surface area contributed by atoms with Gasteiger partial charge in [-0.25, -0.2) is 5.06 Å². The number of hydrogen-bond donors (Lipinski definition) is 1. The first kappa shape index (κ1) is 15.9. The Hall–Kier alpha value is -2.53. The van der Waals surface area contributed by atoms with Crippen molar-refractivity contribution in [1.29, 1.82) is 0 Å². The second-order valence-electron chi connectivity index (χ2n) is 4.74. The maximum atomic E-state index is 10.8. The van der Waals surface area contributed by atoms with Gasteiger partial charge in [0.2, 0.25) is 5.91 Å². The van der Waals surface area contributed by atoms with E-state index in [1.54, 1.807) is 12.1 Å². The van der Waals surface area contributed by atoms with E-state index in [2.05, 4.69) is 0 Å². The third-order valence-electron chi connectivity index (χ3n) is 3.01. The molecule has 5 heteroatoms. The summed E-state index contributed by atoms with van der Waals surface area (Å²) in [6, 6.07) is 17.1. The Labute approximate surface area is 129 Å². The lowest BCUT2D eigenvalue weighted by atomic mass is 10.2. The van der Waals surface area contributed by atoms with Gasteiger partial charge in [0.15, 0.2) is 0 Å². The standard InChI is InChI=1S/C17H19NO4/c1-14(19)18(20)11-12-21-16-7-9-17(10-8-16)22-13-15-5-3-2-4-6-15/h2-10,20H,11-13H2,1H3. The van der Waals surface area contributed by atoms with Crippen LogP contribution in [-0.4, -0.2) is 29.3 Å². The summed E-state index contributed by atoms with van der Waals surface area (Å²) >= 11 is 0. The lowest BCUT2D eigenvalue weighted by molar-refractivity contribution is -0.163. The summed E-state index contributed by atoms with van der Waals surface area (Å²) in [5.74, 6) is 1.00. The Morgan fingerprint density at radius 3 is 2.18 bits per heavy atom. The molecule has 2 aromatic carbocycles. The molecule has 0 aliphatic rings. The molecule has 0 aliphatic carbocycles. The van der Waals surface area contributed by atoms with Gasteiger partial charge in [-0.05, 0) is 29.8 Å². The van der Waals surface area contributed by atoms with E-state index in [0.717, 1.165) is 11.3 Å². The van der Waals surface area contributed by atoms with Crippen molar-refractivity contribution in [3.8, 4) is 11.5 Å².